The number of benzene rings is 2. The van der Waals surface area contributed by atoms with Crippen molar-refractivity contribution >= 4 is 34.0 Å². The number of hydrogen-bond donors (Lipinski definition) is 0. The van der Waals surface area contributed by atoms with E-state index in [1.165, 1.54) is 25.1 Å². The molecular formula is C24H17N3O4. The van der Waals surface area contributed by atoms with E-state index in [1.54, 1.807) is 60.8 Å². The second-order valence-electron chi connectivity index (χ2n) is 6.74. The summed E-state index contributed by atoms with van der Waals surface area (Å²) in [6.07, 6.45) is 3.07. The summed E-state index contributed by atoms with van der Waals surface area (Å²) in [6.45, 7) is 1.41. The molecular weight excluding hydrogens is 394 g/mol. The zero-order valence-electron chi connectivity index (χ0n) is 16.8. The van der Waals surface area contributed by atoms with Crippen molar-refractivity contribution in [3.63, 3.8) is 0 Å². The van der Waals surface area contributed by atoms with Gasteiger partial charge in [0.2, 0.25) is 0 Å². The average Bonchev–Trinajstić information content (AvgIpc) is 3.26. The molecule has 31 heavy (non-hydrogen) atoms. The highest BCUT2D eigenvalue weighted by atomic mass is 16.5. The van der Waals surface area contributed by atoms with E-state index < -0.39 is 0 Å². The maximum Gasteiger partial charge on any atom is 0.264 e. The van der Waals surface area contributed by atoms with Crippen LogP contribution in [-0.2, 0) is 0 Å². The molecule has 4 rings (SSSR count). The van der Waals surface area contributed by atoms with Gasteiger partial charge < -0.3 is 9.15 Å². The first-order chi connectivity index (χ1) is 15.0. The number of pyridine rings is 1. The van der Waals surface area contributed by atoms with Gasteiger partial charge in [-0.25, -0.2) is 0 Å². The number of hydrogen-bond acceptors (Lipinski definition) is 6. The number of nitriles is 1. The molecule has 0 unspecified atom stereocenters. The van der Waals surface area contributed by atoms with Crippen molar-refractivity contribution in [1.82, 2.24) is 4.98 Å². The van der Waals surface area contributed by atoms with Gasteiger partial charge >= 0.3 is 0 Å². The molecule has 0 N–H and O–H groups in total. The first-order valence-electron chi connectivity index (χ1n) is 9.39. The van der Waals surface area contributed by atoms with Gasteiger partial charge in [0.05, 0.1) is 30.0 Å². The predicted octanol–water partition coefficient (Wildman–Crippen LogP) is 4.89. The highest BCUT2D eigenvalue weighted by Gasteiger charge is 2.25. The molecule has 152 valence electrons. The van der Waals surface area contributed by atoms with Crippen LogP contribution in [-0.4, -0.2) is 23.8 Å². The lowest BCUT2D eigenvalue weighted by Crippen LogP contribution is -2.26. The predicted molar refractivity (Wildman–Crippen MR) is 115 cm³/mol. The van der Waals surface area contributed by atoms with Crippen LogP contribution in [0.1, 0.15) is 33.4 Å². The summed E-state index contributed by atoms with van der Waals surface area (Å²) < 4.78 is 11.1. The number of ketones is 1. The van der Waals surface area contributed by atoms with Crippen LogP contribution < -0.4 is 9.64 Å². The fraction of sp³-hybridized carbons (Fsp3) is 0.0833. The topological polar surface area (TPSA) is 96.4 Å². The molecule has 0 saturated heterocycles. The summed E-state index contributed by atoms with van der Waals surface area (Å²) >= 11 is 0. The van der Waals surface area contributed by atoms with E-state index in [9.17, 15) is 9.59 Å². The molecule has 0 spiro atoms. The number of amides is 1. The minimum absolute atomic E-state index is 0.161. The first kappa shape index (κ1) is 19.9. The molecule has 0 bridgehead atoms. The minimum Gasteiger partial charge on any atom is -0.493 e. The van der Waals surface area contributed by atoms with Crippen molar-refractivity contribution in [1.29, 1.82) is 5.26 Å². The number of nitrogens with zero attached hydrogens (tertiary/aromatic N) is 3. The normalized spacial score (nSPS) is 10.5. The van der Waals surface area contributed by atoms with Gasteiger partial charge in [0.25, 0.3) is 5.91 Å². The molecule has 0 radical (unpaired) electrons. The molecule has 0 aliphatic rings. The molecule has 1 amide bonds. The van der Waals surface area contributed by atoms with Crippen LogP contribution in [0, 0.1) is 11.3 Å². The van der Waals surface area contributed by atoms with Crippen molar-refractivity contribution in [2.45, 2.75) is 6.92 Å². The lowest BCUT2D eigenvalue weighted by atomic mass is 10.1. The molecule has 7 heteroatoms. The number of fused-ring (bicyclic) bond motifs is 1. The van der Waals surface area contributed by atoms with Gasteiger partial charge in [0.15, 0.2) is 22.9 Å². The van der Waals surface area contributed by atoms with Crippen LogP contribution in [0.4, 0.5) is 11.4 Å². The smallest absolute Gasteiger partial charge is 0.264 e. The minimum atomic E-state index is -0.324. The van der Waals surface area contributed by atoms with Crippen molar-refractivity contribution in [3.05, 3.63) is 83.9 Å². The third-order valence-electron chi connectivity index (χ3n) is 4.80. The SMILES string of the molecule is COc1ccc(N(C(=O)c2cccnc2)c2ccc(C#N)cc2)c2cc(C(C)=O)oc12. The zero-order valence-corrected chi connectivity index (χ0v) is 16.8. The Morgan fingerprint density at radius 3 is 2.52 bits per heavy atom. The maximum absolute atomic E-state index is 13.5. The second-order valence-corrected chi connectivity index (χ2v) is 6.74. The maximum atomic E-state index is 13.5. The largest absolute Gasteiger partial charge is 0.493 e. The number of carbonyl (C=O) groups excluding carboxylic acids is 2. The Balaban J connectivity index is 1.97. The van der Waals surface area contributed by atoms with Crippen molar-refractivity contribution < 1.29 is 18.7 Å². The van der Waals surface area contributed by atoms with Gasteiger partial charge in [-0.2, -0.15) is 5.26 Å². The lowest BCUT2D eigenvalue weighted by molar-refractivity contribution is 0.0985. The number of anilines is 2. The van der Waals surface area contributed by atoms with E-state index in [1.807, 2.05) is 0 Å². The summed E-state index contributed by atoms with van der Waals surface area (Å²) in [5.74, 6) is 0.0387. The summed E-state index contributed by atoms with van der Waals surface area (Å²) in [5.41, 5.74) is 2.27. The van der Waals surface area contributed by atoms with Crippen LogP contribution >= 0.6 is 0 Å². The molecule has 0 atom stereocenters. The van der Waals surface area contributed by atoms with E-state index in [-0.39, 0.29) is 17.5 Å². The lowest BCUT2D eigenvalue weighted by Gasteiger charge is -2.24. The number of aromatic nitrogens is 1. The van der Waals surface area contributed by atoms with Gasteiger partial charge in [0, 0.05) is 30.4 Å². The molecule has 0 aliphatic carbocycles. The highest BCUT2D eigenvalue weighted by Crippen LogP contribution is 2.39. The fourth-order valence-corrected chi connectivity index (χ4v) is 3.28. The standard InChI is InChI=1S/C24H17N3O4/c1-15(28)22-12-19-20(9-10-21(30-2)23(19)31-22)27(18-7-5-16(13-25)6-8-18)24(29)17-4-3-11-26-14-17/h3-12,14H,1-2H3. The number of rotatable bonds is 5. The van der Waals surface area contributed by atoms with Gasteiger partial charge in [-0.3, -0.25) is 19.5 Å². The number of methoxy groups -OCH3 is 1. The zero-order chi connectivity index (χ0) is 22.0. The third-order valence-corrected chi connectivity index (χ3v) is 4.80. The molecule has 0 saturated carbocycles. The molecule has 0 aliphatic heterocycles. The Kier molecular flexibility index (Phi) is 5.21. The van der Waals surface area contributed by atoms with Gasteiger partial charge in [-0.15, -0.1) is 0 Å². The van der Waals surface area contributed by atoms with E-state index in [4.69, 9.17) is 14.4 Å². The van der Waals surface area contributed by atoms with Gasteiger partial charge in [-0.05, 0) is 54.6 Å². The summed E-state index contributed by atoms with van der Waals surface area (Å²) in [6, 6.07) is 17.1. The molecule has 7 nitrogen and oxygen atoms in total. The highest BCUT2D eigenvalue weighted by molar-refractivity contribution is 6.15. The first-order valence-corrected chi connectivity index (χ1v) is 9.39. The van der Waals surface area contributed by atoms with Crippen LogP contribution in [0.3, 0.4) is 0 Å². The molecule has 0 fully saturated rings. The Bertz CT molecular complexity index is 1320. The van der Waals surface area contributed by atoms with Crippen molar-refractivity contribution in [2.24, 2.45) is 0 Å². The van der Waals surface area contributed by atoms with Gasteiger partial charge in [-0.1, -0.05) is 0 Å². The van der Waals surface area contributed by atoms with Crippen molar-refractivity contribution in [2.75, 3.05) is 12.0 Å². The third kappa shape index (κ3) is 3.63. The summed E-state index contributed by atoms with van der Waals surface area (Å²) in [5, 5.41) is 9.68. The second kappa shape index (κ2) is 8.13. The summed E-state index contributed by atoms with van der Waals surface area (Å²) in [4.78, 5) is 31.0. The fourth-order valence-electron chi connectivity index (χ4n) is 3.28. The quantitative estimate of drug-likeness (QED) is 0.434. The van der Waals surface area contributed by atoms with E-state index in [2.05, 4.69) is 11.1 Å². The van der Waals surface area contributed by atoms with Crippen LogP contribution in [0.15, 0.2) is 71.4 Å². The monoisotopic (exact) mass is 411 g/mol. The Morgan fingerprint density at radius 1 is 1.13 bits per heavy atom. The van der Waals surface area contributed by atoms with Gasteiger partial charge in [0.1, 0.15) is 0 Å². The number of furan rings is 1. The Hall–Kier alpha value is -4.44. The Morgan fingerprint density at radius 2 is 1.90 bits per heavy atom. The molecule has 2 aromatic heterocycles. The molecule has 2 heterocycles. The van der Waals surface area contributed by atoms with E-state index >= 15 is 0 Å². The molecule has 2 aromatic carbocycles. The average molecular weight is 411 g/mol. The van der Waals surface area contributed by atoms with Crippen LogP contribution in [0.25, 0.3) is 11.0 Å². The summed E-state index contributed by atoms with van der Waals surface area (Å²) in [7, 11) is 1.50. The number of Topliss-reactive ketones (excluding diaryl/α,β-unsaturated/α-hetero) is 1. The molecule has 4 aromatic rings. The van der Waals surface area contributed by atoms with Crippen LogP contribution in [0.2, 0.25) is 0 Å². The van der Waals surface area contributed by atoms with E-state index in [0.29, 0.717) is 39.2 Å². The van der Waals surface area contributed by atoms with Crippen LogP contribution in [0.5, 0.6) is 5.75 Å². The number of ether oxygens (including phenoxy) is 1. The van der Waals surface area contributed by atoms with Crippen molar-refractivity contribution in [3.8, 4) is 11.8 Å². The number of carbonyl (C=O) groups is 2. The Labute approximate surface area is 178 Å². The van der Waals surface area contributed by atoms with E-state index in [0.717, 1.165) is 0 Å².